The summed E-state index contributed by atoms with van der Waals surface area (Å²) in [4.78, 5) is 37.4. The number of carbonyl (C=O) groups is 2. The fourth-order valence-corrected chi connectivity index (χ4v) is 4.56. The minimum atomic E-state index is -0.529. The molecule has 11 heteroatoms. The number of anilines is 2. The summed E-state index contributed by atoms with van der Waals surface area (Å²) >= 11 is 7.38. The van der Waals surface area contributed by atoms with Gasteiger partial charge in [-0.1, -0.05) is 35.1 Å². The van der Waals surface area contributed by atoms with Gasteiger partial charge in [-0.15, -0.1) is 10.2 Å². The van der Waals surface area contributed by atoms with E-state index in [0.717, 1.165) is 11.3 Å². The third-order valence-corrected chi connectivity index (χ3v) is 6.76. The highest BCUT2D eigenvalue weighted by molar-refractivity contribution is 7.15. The van der Waals surface area contributed by atoms with Gasteiger partial charge in [0.15, 0.2) is 0 Å². The summed E-state index contributed by atoms with van der Waals surface area (Å²) in [6, 6.07) is 9.81. The Bertz CT molecular complexity index is 1240. The van der Waals surface area contributed by atoms with Gasteiger partial charge in [0.2, 0.25) is 11.0 Å². The van der Waals surface area contributed by atoms with Crippen molar-refractivity contribution in [1.29, 1.82) is 0 Å². The van der Waals surface area contributed by atoms with E-state index in [0.29, 0.717) is 16.6 Å². The van der Waals surface area contributed by atoms with Crippen LogP contribution in [0.3, 0.4) is 0 Å². The van der Waals surface area contributed by atoms with E-state index >= 15 is 0 Å². The highest BCUT2D eigenvalue weighted by Crippen LogP contribution is 2.35. The lowest BCUT2D eigenvalue weighted by atomic mass is 10.1. The Labute approximate surface area is 192 Å². The number of nitrogens with one attached hydrogen (secondary N) is 1. The first-order valence-electron chi connectivity index (χ1n) is 9.70. The van der Waals surface area contributed by atoms with Crippen molar-refractivity contribution in [1.82, 2.24) is 10.2 Å². The number of nitrogens with zero attached hydrogens (tertiary/aromatic N) is 4. The number of halogens is 1. The summed E-state index contributed by atoms with van der Waals surface area (Å²) in [6.45, 7) is 3.85. The SMILES string of the molecule is Cc1ccc(N2CC(c3nnc(NC(=O)c4cccc([N+](=O)[O-])c4C)s3)CC2=O)cc1Cl. The van der Waals surface area contributed by atoms with Crippen molar-refractivity contribution < 1.29 is 14.5 Å². The molecule has 1 saturated heterocycles. The summed E-state index contributed by atoms with van der Waals surface area (Å²) < 4.78 is 0. The molecule has 0 bridgehead atoms. The van der Waals surface area contributed by atoms with E-state index in [1.165, 1.54) is 36.5 Å². The molecule has 1 N–H and O–H groups in total. The van der Waals surface area contributed by atoms with Crippen molar-refractivity contribution in [2.45, 2.75) is 26.2 Å². The van der Waals surface area contributed by atoms with Gasteiger partial charge in [-0.2, -0.15) is 0 Å². The van der Waals surface area contributed by atoms with Crippen molar-refractivity contribution >= 4 is 51.3 Å². The largest absolute Gasteiger partial charge is 0.312 e. The zero-order valence-corrected chi connectivity index (χ0v) is 18.7. The van der Waals surface area contributed by atoms with Gasteiger partial charge in [0.25, 0.3) is 11.6 Å². The van der Waals surface area contributed by atoms with Gasteiger partial charge in [0.1, 0.15) is 5.01 Å². The van der Waals surface area contributed by atoms with Crippen LogP contribution in [0.4, 0.5) is 16.5 Å². The third-order valence-electron chi connectivity index (χ3n) is 5.35. The van der Waals surface area contributed by atoms with Crippen LogP contribution in [0.25, 0.3) is 0 Å². The van der Waals surface area contributed by atoms with E-state index in [1.54, 1.807) is 11.0 Å². The van der Waals surface area contributed by atoms with E-state index in [4.69, 9.17) is 11.6 Å². The summed E-state index contributed by atoms with van der Waals surface area (Å²) in [7, 11) is 0. The Morgan fingerprint density at radius 2 is 2.06 bits per heavy atom. The lowest BCUT2D eigenvalue weighted by Gasteiger charge is -2.17. The molecule has 1 aliphatic rings. The molecule has 3 aromatic rings. The number of aromatic nitrogens is 2. The number of amides is 2. The second kappa shape index (κ2) is 8.64. The second-order valence-corrected chi connectivity index (χ2v) is 8.86. The smallest absolute Gasteiger partial charge is 0.273 e. The quantitative estimate of drug-likeness (QED) is 0.432. The summed E-state index contributed by atoms with van der Waals surface area (Å²) in [6.07, 6.45) is 0.276. The average Bonchev–Trinajstić information content (AvgIpc) is 3.36. The first-order valence-corrected chi connectivity index (χ1v) is 10.9. The molecule has 0 aliphatic carbocycles. The van der Waals surface area contributed by atoms with Crippen LogP contribution in [0.2, 0.25) is 5.02 Å². The number of carbonyl (C=O) groups excluding carboxylic acids is 2. The van der Waals surface area contributed by atoms with Crippen LogP contribution in [-0.4, -0.2) is 33.5 Å². The molecule has 4 rings (SSSR count). The Hall–Kier alpha value is -3.37. The van der Waals surface area contributed by atoms with E-state index in [1.807, 2.05) is 19.1 Å². The standard InChI is InChI=1S/C21H18ClN5O4S/c1-11-6-7-14(9-16(11)22)26-10-13(8-18(26)28)20-24-25-21(32-20)23-19(29)15-4-3-5-17(12(15)2)27(30)31/h3-7,9,13H,8,10H2,1-2H3,(H,23,25,29). The average molecular weight is 472 g/mol. The van der Waals surface area contributed by atoms with Crippen LogP contribution in [0, 0.1) is 24.0 Å². The van der Waals surface area contributed by atoms with E-state index < -0.39 is 10.8 Å². The molecule has 0 spiro atoms. The van der Waals surface area contributed by atoms with Crippen LogP contribution in [0.5, 0.6) is 0 Å². The van der Waals surface area contributed by atoms with Gasteiger partial charge >= 0.3 is 0 Å². The highest BCUT2D eigenvalue weighted by atomic mass is 35.5. The summed E-state index contributed by atoms with van der Waals surface area (Å²) in [5.74, 6) is -0.708. The molecule has 1 aromatic heterocycles. The Kier molecular flexibility index (Phi) is 5.90. The Morgan fingerprint density at radius 1 is 1.28 bits per heavy atom. The molecule has 2 aromatic carbocycles. The molecule has 1 unspecified atom stereocenters. The lowest BCUT2D eigenvalue weighted by molar-refractivity contribution is -0.385. The van der Waals surface area contributed by atoms with Crippen molar-refractivity contribution in [3.63, 3.8) is 0 Å². The van der Waals surface area contributed by atoms with Crippen LogP contribution in [0.15, 0.2) is 36.4 Å². The van der Waals surface area contributed by atoms with Gasteiger partial charge in [-0.05, 0) is 37.6 Å². The zero-order valence-electron chi connectivity index (χ0n) is 17.2. The molecule has 2 heterocycles. The second-order valence-electron chi connectivity index (χ2n) is 7.45. The first kappa shape index (κ1) is 21.8. The molecular formula is C21H18ClN5O4S. The minimum Gasteiger partial charge on any atom is -0.312 e. The monoisotopic (exact) mass is 471 g/mol. The lowest BCUT2D eigenvalue weighted by Crippen LogP contribution is -2.24. The van der Waals surface area contributed by atoms with Crippen molar-refractivity contribution in [2.75, 3.05) is 16.8 Å². The van der Waals surface area contributed by atoms with Gasteiger partial charge in [-0.25, -0.2) is 0 Å². The van der Waals surface area contributed by atoms with Gasteiger partial charge < -0.3 is 4.90 Å². The van der Waals surface area contributed by atoms with Crippen LogP contribution < -0.4 is 10.2 Å². The fraction of sp³-hybridized carbons (Fsp3) is 0.238. The predicted octanol–water partition coefficient (Wildman–Crippen LogP) is 4.49. The van der Waals surface area contributed by atoms with Crippen molar-refractivity contribution in [3.05, 3.63) is 73.2 Å². The molecule has 1 fully saturated rings. The highest BCUT2D eigenvalue weighted by Gasteiger charge is 2.34. The minimum absolute atomic E-state index is 0.0390. The zero-order chi connectivity index (χ0) is 23.0. The van der Waals surface area contributed by atoms with Crippen LogP contribution >= 0.6 is 22.9 Å². The molecule has 0 saturated carbocycles. The van der Waals surface area contributed by atoms with E-state index in [9.17, 15) is 19.7 Å². The molecule has 1 aliphatic heterocycles. The number of benzene rings is 2. The Morgan fingerprint density at radius 3 is 2.78 bits per heavy atom. The number of hydrogen-bond acceptors (Lipinski definition) is 7. The van der Waals surface area contributed by atoms with Crippen molar-refractivity contribution in [3.8, 4) is 0 Å². The van der Waals surface area contributed by atoms with Crippen molar-refractivity contribution in [2.24, 2.45) is 0 Å². The molecule has 32 heavy (non-hydrogen) atoms. The first-order chi connectivity index (χ1) is 15.2. The number of aryl methyl sites for hydroxylation is 1. The van der Waals surface area contributed by atoms with E-state index in [-0.39, 0.29) is 40.2 Å². The maximum atomic E-state index is 12.6. The number of rotatable bonds is 5. The molecule has 164 valence electrons. The molecular weight excluding hydrogens is 454 g/mol. The number of nitro groups is 1. The van der Waals surface area contributed by atoms with E-state index in [2.05, 4.69) is 15.5 Å². The molecule has 9 nitrogen and oxygen atoms in total. The normalized spacial score (nSPS) is 15.8. The van der Waals surface area contributed by atoms with Gasteiger partial charge in [-0.3, -0.25) is 25.0 Å². The number of hydrogen-bond donors (Lipinski definition) is 1. The maximum absolute atomic E-state index is 12.6. The fourth-order valence-electron chi connectivity index (χ4n) is 3.55. The molecule has 1 atom stereocenters. The predicted molar refractivity (Wildman–Crippen MR) is 122 cm³/mol. The topological polar surface area (TPSA) is 118 Å². The third kappa shape index (κ3) is 4.19. The summed E-state index contributed by atoms with van der Waals surface area (Å²) in [5, 5.41) is 23.4. The van der Waals surface area contributed by atoms with Gasteiger partial charge in [0.05, 0.1) is 4.92 Å². The maximum Gasteiger partial charge on any atom is 0.273 e. The summed E-state index contributed by atoms with van der Waals surface area (Å²) in [5.41, 5.74) is 1.99. The molecule has 0 radical (unpaired) electrons. The van der Waals surface area contributed by atoms with Crippen LogP contribution in [-0.2, 0) is 4.79 Å². The molecule has 2 amide bonds. The van der Waals surface area contributed by atoms with Crippen LogP contribution in [0.1, 0.15) is 38.8 Å². The van der Waals surface area contributed by atoms with Gasteiger partial charge in [0, 0.05) is 46.8 Å². The number of nitro benzene ring substituents is 1. The Balaban J connectivity index is 1.48.